The zero-order valence-electron chi connectivity index (χ0n) is 25.2. The van der Waals surface area contributed by atoms with Gasteiger partial charge in [-0.05, 0) is 51.0 Å². The molecule has 13 heteroatoms. The lowest BCUT2D eigenvalue weighted by molar-refractivity contribution is -0.128. The molecule has 45 heavy (non-hydrogen) atoms. The van der Waals surface area contributed by atoms with Crippen LogP contribution in [0, 0.1) is 11.6 Å². The Kier molecular flexibility index (Phi) is 8.84. The maximum Gasteiger partial charge on any atom is 0.350 e. The van der Waals surface area contributed by atoms with Gasteiger partial charge in [-0.1, -0.05) is 18.2 Å². The van der Waals surface area contributed by atoms with E-state index in [9.17, 15) is 19.1 Å². The molecule has 6 rings (SSSR count). The van der Waals surface area contributed by atoms with Crippen LogP contribution in [0.15, 0.2) is 41.7 Å². The maximum atomic E-state index is 15.2. The number of halogens is 3. The number of piperazine rings is 1. The van der Waals surface area contributed by atoms with Crippen LogP contribution in [-0.4, -0.2) is 94.7 Å². The third kappa shape index (κ3) is 5.69. The van der Waals surface area contributed by atoms with Crippen LogP contribution < -0.4 is 15.3 Å². The highest BCUT2D eigenvalue weighted by atomic mass is 35.5. The number of aliphatic hydroxyl groups is 1. The fourth-order valence-electron chi connectivity index (χ4n) is 6.61. The van der Waals surface area contributed by atoms with Crippen LogP contribution in [0.25, 0.3) is 22.0 Å². The van der Waals surface area contributed by atoms with Crippen LogP contribution in [-0.2, 0) is 9.53 Å². The largest absolute Gasteiger partial charge is 0.488 e. The lowest BCUT2D eigenvalue weighted by Gasteiger charge is -2.45. The highest BCUT2D eigenvalue weighted by molar-refractivity contribution is 6.35. The highest BCUT2D eigenvalue weighted by Gasteiger charge is 2.36. The first kappa shape index (κ1) is 31.4. The third-order valence-corrected chi connectivity index (χ3v) is 9.40. The molecule has 240 valence electrons. The number of ether oxygens (including phenoxy) is 2. The molecule has 2 saturated heterocycles. The van der Waals surface area contributed by atoms with Crippen LogP contribution in [0.2, 0.25) is 5.02 Å². The van der Waals surface area contributed by atoms with Gasteiger partial charge in [0.05, 0.1) is 42.6 Å². The molecule has 2 fully saturated rings. The minimum Gasteiger partial charge on any atom is -0.488 e. The fourth-order valence-corrected chi connectivity index (χ4v) is 6.91. The van der Waals surface area contributed by atoms with Crippen molar-refractivity contribution in [2.24, 2.45) is 0 Å². The Bertz CT molecular complexity index is 1700. The normalized spacial score (nSPS) is 21.6. The number of benzene rings is 2. The van der Waals surface area contributed by atoms with Gasteiger partial charge in [0.2, 0.25) is 5.91 Å². The standard InChI is InChI=1S/C32H36ClF2N5O5/c1-4-27(42)38-12-19(3)39(13-18(38)2)31-24-11-25(33)28(23-8-7-20(34)10-26(23)35)30-29(24)40(32(43)36-31)21(16-45-30)6-5-9-37(17-41)22-14-44-15-22/h4,7-8,10-11,18-19,21-22,41H,1,5-6,9,12-17H2,2-3H3/t18-,19+,21-/m1/s1. The van der Waals surface area contributed by atoms with E-state index in [1.165, 1.54) is 12.1 Å². The summed E-state index contributed by atoms with van der Waals surface area (Å²) < 4.78 is 42.2. The van der Waals surface area contributed by atoms with E-state index in [4.69, 9.17) is 21.1 Å². The molecule has 1 amide bonds. The Morgan fingerprint density at radius 2 is 1.98 bits per heavy atom. The summed E-state index contributed by atoms with van der Waals surface area (Å²) in [6, 6.07) is 4.27. The summed E-state index contributed by atoms with van der Waals surface area (Å²) in [6.45, 7) is 10.0. The molecule has 4 heterocycles. The third-order valence-electron chi connectivity index (χ3n) is 9.10. The van der Waals surface area contributed by atoms with E-state index in [-0.39, 0.29) is 59.3 Å². The van der Waals surface area contributed by atoms with Crippen LogP contribution in [0.4, 0.5) is 14.6 Å². The summed E-state index contributed by atoms with van der Waals surface area (Å²) in [4.78, 5) is 36.7. The van der Waals surface area contributed by atoms with Crippen molar-refractivity contribution >= 4 is 34.2 Å². The fraction of sp³-hybridized carbons (Fsp3) is 0.469. The SMILES string of the molecule is C=CC(=O)N1C[C@H](C)N(c2nc(=O)n3c4c(c(-c5ccc(F)cc5F)c(Cl)cc24)OC[C@H]3CCCN(CO)C2COC2)C[C@H]1C. The molecule has 0 unspecified atom stereocenters. The number of anilines is 1. The Morgan fingerprint density at radius 3 is 2.64 bits per heavy atom. The molecule has 2 aromatic carbocycles. The van der Waals surface area contributed by atoms with E-state index < -0.39 is 23.4 Å². The molecule has 0 saturated carbocycles. The Labute approximate surface area is 264 Å². The second-order valence-corrected chi connectivity index (χ2v) is 12.4. The zero-order valence-corrected chi connectivity index (χ0v) is 26.0. The summed E-state index contributed by atoms with van der Waals surface area (Å²) in [5, 5.41) is 10.6. The number of carbonyl (C=O) groups excluding carboxylic acids is 1. The minimum atomic E-state index is -0.809. The van der Waals surface area contributed by atoms with Gasteiger partial charge in [0.15, 0.2) is 5.75 Å². The molecule has 0 bridgehead atoms. The van der Waals surface area contributed by atoms with Crippen molar-refractivity contribution in [2.75, 3.05) is 51.1 Å². The number of rotatable bonds is 9. The molecule has 3 aliphatic heterocycles. The van der Waals surface area contributed by atoms with Gasteiger partial charge in [0, 0.05) is 54.3 Å². The van der Waals surface area contributed by atoms with Crippen molar-refractivity contribution in [3.8, 4) is 16.9 Å². The van der Waals surface area contributed by atoms with Crippen molar-refractivity contribution in [3.05, 3.63) is 64.1 Å². The van der Waals surface area contributed by atoms with E-state index in [0.29, 0.717) is 62.4 Å². The number of aromatic nitrogens is 2. The van der Waals surface area contributed by atoms with Crippen LogP contribution in [0.5, 0.6) is 5.75 Å². The number of carbonyl (C=O) groups is 1. The lowest BCUT2D eigenvalue weighted by Crippen LogP contribution is -2.58. The van der Waals surface area contributed by atoms with Crippen molar-refractivity contribution in [2.45, 2.75) is 50.9 Å². The van der Waals surface area contributed by atoms with Crippen molar-refractivity contribution in [1.82, 2.24) is 19.4 Å². The van der Waals surface area contributed by atoms with Crippen molar-refractivity contribution in [3.63, 3.8) is 0 Å². The molecule has 3 atom stereocenters. The molecule has 10 nitrogen and oxygen atoms in total. The summed E-state index contributed by atoms with van der Waals surface area (Å²) >= 11 is 6.85. The Balaban J connectivity index is 1.46. The van der Waals surface area contributed by atoms with Gasteiger partial charge < -0.3 is 24.4 Å². The summed E-state index contributed by atoms with van der Waals surface area (Å²) in [6.07, 6.45) is 2.51. The summed E-state index contributed by atoms with van der Waals surface area (Å²) in [5.41, 5.74) is 0.217. The first-order chi connectivity index (χ1) is 21.6. The van der Waals surface area contributed by atoms with Gasteiger partial charge in [0.25, 0.3) is 0 Å². The van der Waals surface area contributed by atoms with Gasteiger partial charge in [-0.25, -0.2) is 13.6 Å². The monoisotopic (exact) mass is 643 g/mol. The molecule has 1 N–H and O–H groups in total. The minimum absolute atomic E-state index is 0.0500. The van der Waals surface area contributed by atoms with Crippen LogP contribution in [0.3, 0.4) is 0 Å². The molecule has 0 radical (unpaired) electrons. The average molecular weight is 644 g/mol. The molecular formula is C32H36ClF2N5O5. The number of amides is 1. The summed E-state index contributed by atoms with van der Waals surface area (Å²) in [5.74, 6) is -1.09. The quantitative estimate of drug-likeness (QED) is 0.276. The van der Waals surface area contributed by atoms with Gasteiger partial charge in [-0.15, -0.1) is 0 Å². The molecule has 3 aromatic rings. The van der Waals surface area contributed by atoms with Gasteiger partial charge in [0.1, 0.15) is 24.1 Å². The van der Waals surface area contributed by atoms with Gasteiger partial charge in [-0.2, -0.15) is 4.98 Å². The second kappa shape index (κ2) is 12.7. The number of aliphatic hydroxyl groups excluding tert-OH is 1. The first-order valence-corrected chi connectivity index (χ1v) is 15.5. The molecule has 0 aliphatic carbocycles. The molecular weight excluding hydrogens is 608 g/mol. The molecule has 0 spiro atoms. The predicted molar refractivity (Wildman–Crippen MR) is 167 cm³/mol. The van der Waals surface area contributed by atoms with E-state index >= 15 is 4.39 Å². The van der Waals surface area contributed by atoms with E-state index in [0.717, 1.165) is 12.1 Å². The van der Waals surface area contributed by atoms with Gasteiger partial charge in [-0.3, -0.25) is 14.3 Å². The maximum absolute atomic E-state index is 15.2. The highest BCUT2D eigenvalue weighted by Crippen LogP contribution is 2.47. The zero-order chi connectivity index (χ0) is 32.0. The van der Waals surface area contributed by atoms with E-state index in [1.54, 1.807) is 15.5 Å². The Morgan fingerprint density at radius 1 is 1.20 bits per heavy atom. The van der Waals surface area contributed by atoms with Gasteiger partial charge >= 0.3 is 5.69 Å². The van der Waals surface area contributed by atoms with Crippen molar-refractivity contribution < 1.29 is 28.2 Å². The second-order valence-electron chi connectivity index (χ2n) is 12.0. The van der Waals surface area contributed by atoms with Crippen LogP contribution >= 0.6 is 11.6 Å². The molecule has 1 aromatic heterocycles. The molecule has 3 aliphatic rings. The number of hydrogen-bond donors (Lipinski definition) is 1. The van der Waals surface area contributed by atoms with E-state index in [1.807, 2.05) is 23.6 Å². The summed E-state index contributed by atoms with van der Waals surface area (Å²) in [7, 11) is 0. The lowest BCUT2D eigenvalue weighted by atomic mass is 9.98. The number of nitrogens with zero attached hydrogens (tertiary/aromatic N) is 5. The van der Waals surface area contributed by atoms with Crippen molar-refractivity contribution in [1.29, 1.82) is 0 Å². The van der Waals surface area contributed by atoms with E-state index in [2.05, 4.69) is 11.6 Å². The smallest absolute Gasteiger partial charge is 0.350 e. The Hall–Kier alpha value is -3.58. The number of hydrogen-bond acceptors (Lipinski definition) is 8. The predicted octanol–water partition coefficient (Wildman–Crippen LogP) is 3.97. The van der Waals surface area contributed by atoms with Crippen LogP contribution in [0.1, 0.15) is 32.7 Å². The average Bonchev–Trinajstić information content (AvgIpc) is 2.98. The topological polar surface area (TPSA) is 100 Å². The first-order valence-electron chi connectivity index (χ1n) is 15.1.